The quantitative estimate of drug-likeness (QED) is 0.912. The zero-order valence-corrected chi connectivity index (χ0v) is 10.2. The first-order valence-electron chi connectivity index (χ1n) is 4.61. The van der Waals surface area contributed by atoms with Gasteiger partial charge in [-0.25, -0.2) is 4.98 Å². The molecule has 0 spiro atoms. The lowest BCUT2D eigenvalue weighted by Gasteiger charge is -2.10. The lowest BCUT2D eigenvalue weighted by atomic mass is 10.2. The molecule has 1 aromatic carbocycles. The Kier molecular flexibility index (Phi) is 3.36. The molecule has 0 amide bonds. The molecule has 8 heteroatoms. The minimum Gasteiger partial charge on any atom is -0.406 e. The van der Waals surface area contributed by atoms with Gasteiger partial charge in [0.05, 0.1) is 4.88 Å². The van der Waals surface area contributed by atoms with Crippen molar-refractivity contribution in [2.24, 2.45) is 0 Å². The minimum atomic E-state index is -4.76. The van der Waals surface area contributed by atoms with Crippen LogP contribution in [0.25, 0.3) is 10.4 Å². The first-order valence-corrected chi connectivity index (χ1v) is 5.81. The van der Waals surface area contributed by atoms with Gasteiger partial charge in [-0.05, 0) is 23.8 Å². The molecule has 0 aliphatic rings. The van der Waals surface area contributed by atoms with E-state index in [4.69, 9.17) is 17.3 Å². The second-order valence-corrected chi connectivity index (χ2v) is 4.78. The number of halogens is 4. The molecule has 0 unspecified atom stereocenters. The van der Waals surface area contributed by atoms with Crippen molar-refractivity contribution in [3.8, 4) is 16.2 Å². The summed E-state index contributed by atoms with van der Waals surface area (Å²) in [6.07, 6.45) is -3.29. The second-order valence-electron chi connectivity index (χ2n) is 3.29. The summed E-state index contributed by atoms with van der Waals surface area (Å²) >= 11 is 6.89. The molecule has 0 aliphatic carbocycles. The molecule has 0 aliphatic heterocycles. The van der Waals surface area contributed by atoms with Gasteiger partial charge in [0.1, 0.15) is 5.75 Å². The molecular formula is C10H6ClF3N2OS. The van der Waals surface area contributed by atoms with Crippen LogP contribution in [0.5, 0.6) is 5.75 Å². The van der Waals surface area contributed by atoms with Gasteiger partial charge in [-0.3, -0.25) is 0 Å². The maximum atomic E-state index is 12.1. The van der Waals surface area contributed by atoms with Crippen molar-refractivity contribution in [1.29, 1.82) is 0 Å². The summed E-state index contributed by atoms with van der Waals surface area (Å²) in [5.41, 5.74) is 5.93. The number of alkyl halides is 3. The molecule has 0 bridgehead atoms. The summed E-state index contributed by atoms with van der Waals surface area (Å²) < 4.78 is 40.2. The Morgan fingerprint density at radius 1 is 1.28 bits per heavy atom. The fourth-order valence-corrected chi connectivity index (χ4v) is 2.22. The van der Waals surface area contributed by atoms with Crippen LogP contribution in [0, 0.1) is 0 Å². The highest BCUT2D eigenvalue weighted by Gasteiger charge is 2.31. The van der Waals surface area contributed by atoms with Crippen LogP contribution in [0.2, 0.25) is 5.02 Å². The molecule has 1 heterocycles. The molecule has 3 nitrogen and oxygen atoms in total. The van der Waals surface area contributed by atoms with E-state index >= 15 is 0 Å². The van der Waals surface area contributed by atoms with E-state index in [1.807, 2.05) is 0 Å². The van der Waals surface area contributed by atoms with Crippen molar-refractivity contribution in [2.45, 2.75) is 6.36 Å². The maximum Gasteiger partial charge on any atom is 0.573 e. The van der Waals surface area contributed by atoms with Gasteiger partial charge in [-0.15, -0.1) is 13.2 Å². The normalized spacial score (nSPS) is 11.6. The SMILES string of the molecule is Nc1ncc(-c2cc(Cl)cc(OC(F)(F)F)c2)s1. The van der Waals surface area contributed by atoms with Crippen LogP contribution in [0.1, 0.15) is 0 Å². The summed E-state index contributed by atoms with van der Waals surface area (Å²) in [6, 6.07) is 3.83. The molecule has 0 saturated carbocycles. The fourth-order valence-electron chi connectivity index (χ4n) is 1.32. The van der Waals surface area contributed by atoms with Gasteiger partial charge in [0.25, 0.3) is 0 Å². The Balaban J connectivity index is 2.38. The zero-order valence-electron chi connectivity index (χ0n) is 8.66. The molecular weight excluding hydrogens is 289 g/mol. The number of nitrogen functional groups attached to an aromatic ring is 1. The number of ether oxygens (including phenoxy) is 1. The Morgan fingerprint density at radius 2 is 2.00 bits per heavy atom. The average Bonchev–Trinajstić information content (AvgIpc) is 2.61. The van der Waals surface area contributed by atoms with Crippen LogP contribution in [0.3, 0.4) is 0 Å². The molecule has 0 fully saturated rings. The van der Waals surface area contributed by atoms with E-state index in [9.17, 15) is 13.2 Å². The van der Waals surface area contributed by atoms with Crippen molar-refractivity contribution < 1.29 is 17.9 Å². The topological polar surface area (TPSA) is 48.1 Å². The monoisotopic (exact) mass is 294 g/mol. The molecule has 96 valence electrons. The number of hydrogen-bond donors (Lipinski definition) is 1. The third kappa shape index (κ3) is 3.27. The van der Waals surface area contributed by atoms with Gasteiger partial charge in [0, 0.05) is 11.2 Å². The number of anilines is 1. The molecule has 0 radical (unpaired) electrons. The highest BCUT2D eigenvalue weighted by Crippen LogP contribution is 2.34. The van der Waals surface area contributed by atoms with Crippen LogP contribution >= 0.6 is 22.9 Å². The van der Waals surface area contributed by atoms with Gasteiger partial charge in [0.2, 0.25) is 0 Å². The Bertz CT molecular complexity index is 570. The van der Waals surface area contributed by atoms with Crippen molar-refractivity contribution >= 4 is 28.1 Å². The standard InChI is InChI=1S/C10H6ClF3N2OS/c11-6-1-5(8-4-16-9(15)18-8)2-7(3-6)17-10(12,13)14/h1-4H,(H2,15,16). The highest BCUT2D eigenvalue weighted by molar-refractivity contribution is 7.18. The Labute approximate surface area is 109 Å². The van der Waals surface area contributed by atoms with Crippen LogP contribution in [0.15, 0.2) is 24.4 Å². The predicted molar refractivity (Wildman–Crippen MR) is 63.7 cm³/mol. The molecule has 1 aromatic heterocycles. The zero-order chi connectivity index (χ0) is 13.3. The van der Waals surface area contributed by atoms with Crippen LogP contribution in [-0.4, -0.2) is 11.3 Å². The summed E-state index contributed by atoms with van der Waals surface area (Å²) in [5, 5.41) is 0.460. The van der Waals surface area contributed by atoms with Crippen molar-refractivity contribution in [3.63, 3.8) is 0 Å². The van der Waals surface area contributed by atoms with E-state index in [-0.39, 0.29) is 10.8 Å². The van der Waals surface area contributed by atoms with Gasteiger partial charge in [0.15, 0.2) is 5.13 Å². The average molecular weight is 295 g/mol. The summed E-state index contributed by atoms with van der Waals surface area (Å²) in [4.78, 5) is 4.43. The van der Waals surface area contributed by atoms with Gasteiger partial charge >= 0.3 is 6.36 Å². The number of benzene rings is 1. The number of thiazole rings is 1. The van der Waals surface area contributed by atoms with Gasteiger partial charge in [-0.2, -0.15) is 0 Å². The third-order valence-electron chi connectivity index (χ3n) is 1.91. The lowest BCUT2D eigenvalue weighted by Crippen LogP contribution is -2.17. The summed E-state index contributed by atoms with van der Waals surface area (Å²) in [7, 11) is 0. The van der Waals surface area contributed by atoms with E-state index in [1.54, 1.807) is 0 Å². The highest BCUT2D eigenvalue weighted by atomic mass is 35.5. The number of nitrogens with two attached hydrogens (primary N) is 1. The van der Waals surface area contributed by atoms with Crippen LogP contribution in [-0.2, 0) is 0 Å². The first-order chi connectivity index (χ1) is 8.33. The second kappa shape index (κ2) is 4.66. The van der Waals surface area contributed by atoms with Crippen molar-refractivity contribution in [3.05, 3.63) is 29.4 Å². The number of rotatable bonds is 2. The molecule has 0 saturated heterocycles. The van der Waals surface area contributed by atoms with E-state index in [1.165, 1.54) is 18.3 Å². The van der Waals surface area contributed by atoms with Gasteiger partial charge < -0.3 is 10.5 Å². The van der Waals surface area contributed by atoms with E-state index < -0.39 is 6.36 Å². The molecule has 2 rings (SSSR count). The van der Waals surface area contributed by atoms with Crippen molar-refractivity contribution in [1.82, 2.24) is 4.98 Å². The van der Waals surface area contributed by atoms with E-state index in [0.29, 0.717) is 15.6 Å². The van der Waals surface area contributed by atoms with Crippen LogP contribution < -0.4 is 10.5 Å². The summed E-state index contributed by atoms with van der Waals surface area (Å²) in [5.74, 6) is -0.378. The van der Waals surface area contributed by atoms with Crippen molar-refractivity contribution in [2.75, 3.05) is 5.73 Å². The molecule has 0 atom stereocenters. The lowest BCUT2D eigenvalue weighted by molar-refractivity contribution is -0.274. The number of aromatic nitrogens is 1. The summed E-state index contributed by atoms with van der Waals surface area (Å²) in [6.45, 7) is 0. The molecule has 2 aromatic rings. The number of hydrogen-bond acceptors (Lipinski definition) is 4. The minimum absolute atomic E-state index is 0.138. The third-order valence-corrected chi connectivity index (χ3v) is 3.01. The fraction of sp³-hybridized carbons (Fsp3) is 0.100. The number of nitrogens with zero attached hydrogens (tertiary/aromatic N) is 1. The maximum absolute atomic E-state index is 12.1. The van der Waals surface area contributed by atoms with Crippen LogP contribution in [0.4, 0.5) is 18.3 Å². The predicted octanol–water partition coefficient (Wildman–Crippen LogP) is 3.94. The largest absolute Gasteiger partial charge is 0.573 e. The first kappa shape index (κ1) is 13.0. The van der Waals surface area contributed by atoms with Gasteiger partial charge in [-0.1, -0.05) is 22.9 Å². The van der Waals surface area contributed by atoms with E-state index in [2.05, 4.69) is 9.72 Å². The Morgan fingerprint density at radius 3 is 2.56 bits per heavy atom. The Hall–Kier alpha value is -1.47. The molecule has 18 heavy (non-hydrogen) atoms. The van der Waals surface area contributed by atoms with E-state index in [0.717, 1.165) is 17.4 Å². The smallest absolute Gasteiger partial charge is 0.406 e. The molecule has 2 N–H and O–H groups in total.